The summed E-state index contributed by atoms with van der Waals surface area (Å²) in [6.45, 7) is 12.2. The zero-order chi connectivity index (χ0) is 21.6. The number of aromatic nitrogens is 3. The fourth-order valence-electron chi connectivity index (χ4n) is 3.79. The SMILES string of the molecule is Cc1ccc(C2=N[C@@H](CC(=O)NC(C)C)c3nnc(C)n3-c3sc(C)c(C)c32)cc1. The summed E-state index contributed by atoms with van der Waals surface area (Å²) in [5.41, 5.74) is 5.48. The minimum atomic E-state index is -0.402. The molecule has 0 radical (unpaired) electrons. The average Bonchev–Trinajstić information content (AvgIpc) is 3.14. The van der Waals surface area contributed by atoms with E-state index in [2.05, 4.69) is 65.1 Å². The number of aliphatic imine (C=N–C) groups is 1. The fraction of sp³-hybridized carbons (Fsp3) is 0.391. The number of nitrogens with one attached hydrogen (secondary N) is 1. The van der Waals surface area contributed by atoms with Gasteiger partial charge in [0.1, 0.15) is 16.9 Å². The van der Waals surface area contributed by atoms with Crippen molar-refractivity contribution in [2.45, 2.75) is 60.0 Å². The molecule has 0 unspecified atom stereocenters. The van der Waals surface area contributed by atoms with Gasteiger partial charge in [-0.3, -0.25) is 14.4 Å². The molecule has 7 heteroatoms. The van der Waals surface area contributed by atoms with Crippen LogP contribution < -0.4 is 5.32 Å². The van der Waals surface area contributed by atoms with Gasteiger partial charge in [0.05, 0.1) is 12.1 Å². The maximum Gasteiger partial charge on any atom is 0.222 e. The lowest BCUT2D eigenvalue weighted by molar-refractivity contribution is -0.121. The summed E-state index contributed by atoms with van der Waals surface area (Å²) in [6, 6.07) is 8.09. The van der Waals surface area contributed by atoms with Crippen molar-refractivity contribution in [3.05, 3.63) is 63.0 Å². The van der Waals surface area contributed by atoms with E-state index >= 15 is 0 Å². The first-order valence-corrected chi connectivity index (χ1v) is 11.0. The largest absolute Gasteiger partial charge is 0.354 e. The molecule has 1 aliphatic heterocycles. The lowest BCUT2D eigenvalue weighted by Crippen LogP contribution is -2.31. The van der Waals surface area contributed by atoms with Crippen LogP contribution in [-0.2, 0) is 4.79 Å². The normalized spacial score (nSPS) is 15.4. The number of thiophene rings is 1. The lowest BCUT2D eigenvalue weighted by Gasteiger charge is -2.14. The molecule has 3 heterocycles. The van der Waals surface area contributed by atoms with Gasteiger partial charge in [0, 0.05) is 22.0 Å². The molecule has 0 aliphatic carbocycles. The first-order valence-electron chi connectivity index (χ1n) is 10.2. The standard InChI is InChI=1S/C23H27N5OS/c1-12(2)24-19(29)11-18-22-27-26-16(6)28(22)23-20(14(4)15(5)30-23)21(25-18)17-9-7-13(3)8-10-17/h7-10,12,18H,11H2,1-6H3,(H,24,29)/t18-/m0/s1. The summed E-state index contributed by atoms with van der Waals surface area (Å²) in [7, 11) is 0. The Kier molecular flexibility index (Phi) is 5.32. The summed E-state index contributed by atoms with van der Waals surface area (Å²) >= 11 is 1.73. The molecule has 0 fully saturated rings. The highest BCUT2D eigenvalue weighted by Gasteiger charge is 2.32. The number of nitrogens with zero attached hydrogens (tertiary/aromatic N) is 4. The van der Waals surface area contributed by atoms with E-state index in [4.69, 9.17) is 4.99 Å². The Balaban J connectivity index is 1.93. The first-order chi connectivity index (χ1) is 14.3. The van der Waals surface area contributed by atoms with Crippen molar-refractivity contribution in [1.82, 2.24) is 20.1 Å². The second kappa shape index (κ2) is 7.80. The van der Waals surface area contributed by atoms with Crippen LogP contribution in [0.2, 0.25) is 0 Å². The number of amides is 1. The van der Waals surface area contributed by atoms with E-state index < -0.39 is 6.04 Å². The molecule has 30 heavy (non-hydrogen) atoms. The number of hydrogen-bond donors (Lipinski definition) is 1. The molecule has 1 amide bonds. The van der Waals surface area contributed by atoms with Crippen LogP contribution >= 0.6 is 11.3 Å². The Hall–Kier alpha value is -2.80. The molecule has 1 atom stereocenters. The van der Waals surface area contributed by atoms with Crippen molar-refractivity contribution in [3.8, 4) is 5.00 Å². The third kappa shape index (κ3) is 3.58. The molecule has 3 aromatic rings. The molecule has 2 aromatic heterocycles. The van der Waals surface area contributed by atoms with Crippen LogP contribution in [0.25, 0.3) is 5.00 Å². The lowest BCUT2D eigenvalue weighted by atomic mass is 9.99. The highest BCUT2D eigenvalue weighted by atomic mass is 32.1. The number of hydrogen-bond acceptors (Lipinski definition) is 5. The van der Waals surface area contributed by atoms with Gasteiger partial charge in [0.25, 0.3) is 0 Å². The maximum atomic E-state index is 12.6. The van der Waals surface area contributed by atoms with E-state index in [0.29, 0.717) is 0 Å². The molecule has 0 spiro atoms. The predicted molar refractivity (Wildman–Crippen MR) is 121 cm³/mol. The van der Waals surface area contributed by atoms with Crippen LogP contribution in [0.3, 0.4) is 0 Å². The Morgan fingerprint density at radius 3 is 2.50 bits per heavy atom. The second-order valence-corrected chi connectivity index (χ2v) is 9.39. The van der Waals surface area contributed by atoms with Crippen LogP contribution in [0.1, 0.15) is 65.1 Å². The van der Waals surface area contributed by atoms with Crippen LogP contribution in [0.4, 0.5) is 0 Å². The molecular formula is C23H27N5OS. The quantitative estimate of drug-likeness (QED) is 0.680. The molecular weight excluding hydrogens is 394 g/mol. The van der Waals surface area contributed by atoms with Gasteiger partial charge in [-0.05, 0) is 47.1 Å². The zero-order valence-corrected chi connectivity index (χ0v) is 19.1. The van der Waals surface area contributed by atoms with Crippen LogP contribution in [-0.4, -0.2) is 32.4 Å². The Morgan fingerprint density at radius 1 is 1.13 bits per heavy atom. The van der Waals surface area contributed by atoms with Crippen molar-refractivity contribution in [2.24, 2.45) is 4.99 Å². The van der Waals surface area contributed by atoms with Gasteiger partial charge in [-0.2, -0.15) is 0 Å². The summed E-state index contributed by atoms with van der Waals surface area (Å²) in [6.07, 6.45) is 0.235. The molecule has 4 rings (SSSR count). The number of fused-ring (bicyclic) bond motifs is 3. The average molecular weight is 422 g/mol. The second-order valence-electron chi connectivity index (χ2n) is 8.19. The molecule has 0 bridgehead atoms. The van der Waals surface area contributed by atoms with Gasteiger partial charge in [0.15, 0.2) is 5.82 Å². The van der Waals surface area contributed by atoms with Crippen LogP contribution in [0, 0.1) is 27.7 Å². The van der Waals surface area contributed by atoms with Crippen LogP contribution in [0.15, 0.2) is 29.3 Å². The molecule has 0 saturated heterocycles. The predicted octanol–water partition coefficient (Wildman–Crippen LogP) is 4.37. The van der Waals surface area contributed by atoms with Crippen molar-refractivity contribution < 1.29 is 4.79 Å². The summed E-state index contributed by atoms with van der Waals surface area (Å²) in [5, 5.41) is 12.8. The summed E-state index contributed by atoms with van der Waals surface area (Å²) < 4.78 is 2.08. The molecule has 0 saturated carbocycles. The Labute approximate surface area is 181 Å². The minimum absolute atomic E-state index is 0.0348. The maximum absolute atomic E-state index is 12.6. The van der Waals surface area contributed by atoms with E-state index in [9.17, 15) is 4.79 Å². The van der Waals surface area contributed by atoms with Gasteiger partial charge in [-0.1, -0.05) is 29.8 Å². The number of aryl methyl sites for hydroxylation is 3. The third-order valence-corrected chi connectivity index (χ3v) is 6.59. The van der Waals surface area contributed by atoms with E-state index in [1.54, 1.807) is 11.3 Å². The summed E-state index contributed by atoms with van der Waals surface area (Å²) in [5.74, 6) is 1.49. The van der Waals surface area contributed by atoms with Gasteiger partial charge in [-0.25, -0.2) is 0 Å². The van der Waals surface area contributed by atoms with Crippen molar-refractivity contribution in [3.63, 3.8) is 0 Å². The third-order valence-electron chi connectivity index (χ3n) is 5.39. The van der Waals surface area contributed by atoms with Gasteiger partial charge >= 0.3 is 0 Å². The van der Waals surface area contributed by atoms with E-state index in [-0.39, 0.29) is 18.4 Å². The topological polar surface area (TPSA) is 72.2 Å². The van der Waals surface area contributed by atoms with Crippen LogP contribution in [0.5, 0.6) is 0 Å². The highest BCUT2D eigenvalue weighted by Crippen LogP contribution is 2.39. The Morgan fingerprint density at radius 2 is 1.83 bits per heavy atom. The number of carbonyl (C=O) groups is 1. The molecule has 156 valence electrons. The Bertz CT molecular complexity index is 1140. The number of carbonyl (C=O) groups excluding carboxylic acids is 1. The molecule has 6 nitrogen and oxygen atoms in total. The highest BCUT2D eigenvalue weighted by molar-refractivity contribution is 7.15. The van der Waals surface area contributed by atoms with Crippen molar-refractivity contribution in [2.75, 3.05) is 0 Å². The smallest absolute Gasteiger partial charge is 0.222 e. The van der Waals surface area contributed by atoms with E-state index in [1.165, 1.54) is 16.0 Å². The molecule has 1 aromatic carbocycles. The number of benzene rings is 1. The van der Waals surface area contributed by atoms with Gasteiger partial charge in [-0.15, -0.1) is 21.5 Å². The van der Waals surface area contributed by atoms with E-state index in [1.807, 2.05) is 20.8 Å². The molecule has 1 N–H and O–H groups in total. The number of rotatable bonds is 4. The zero-order valence-electron chi connectivity index (χ0n) is 18.3. The van der Waals surface area contributed by atoms with Gasteiger partial charge < -0.3 is 5.32 Å². The minimum Gasteiger partial charge on any atom is -0.354 e. The van der Waals surface area contributed by atoms with Crippen molar-refractivity contribution in [1.29, 1.82) is 0 Å². The van der Waals surface area contributed by atoms with E-state index in [0.717, 1.165) is 33.5 Å². The summed E-state index contributed by atoms with van der Waals surface area (Å²) in [4.78, 5) is 19.0. The molecule has 1 aliphatic rings. The monoisotopic (exact) mass is 421 g/mol. The first kappa shape index (κ1) is 20.5. The van der Waals surface area contributed by atoms with Crippen molar-refractivity contribution >= 4 is 23.0 Å². The van der Waals surface area contributed by atoms with Gasteiger partial charge in [0.2, 0.25) is 5.91 Å². The fourth-order valence-corrected chi connectivity index (χ4v) is 5.01.